The maximum absolute atomic E-state index is 9.81. The highest BCUT2D eigenvalue weighted by molar-refractivity contribution is 5.82. The zero-order valence-corrected chi connectivity index (χ0v) is 15.8. The average molecular weight is 385 g/mol. The Morgan fingerprint density at radius 1 is 0.692 bits per heavy atom. The zero-order valence-electron chi connectivity index (χ0n) is 15.8. The van der Waals surface area contributed by atoms with Crippen LogP contribution in [0.1, 0.15) is 34.6 Å². The van der Waals surface area contributed by atoms with Crippen LogP contribution in [0.2, 0.25) is 0 Å². The van der Waals surface area contributed by atoms with Crippen molar-refractivity contribution in [3.8, 4) is 0 Å². The van der Waals surface area contributed by atoms with E-state index < -0.39 is 29.8 Å². The summed E-state index contributed by atoms with van der Waals surface area (Å²) in [5, 5.41) is 25.3. The standard InChI is InChI=1S/C4H13N3.C4H6O3.3C2H4O2/c5-1-3-7-4-2-6;1-3(5)7-4(2)6;3*1-2(3)4/h7H,1-6H2;1-2H3;3*1H3,(H,3,4). The second-order valence-corrected chi connectivity index (χ2v) is 3.97. The molecule has 0 atom stereocenters. The van der Waals surface area contributed by atoms with Crippen LogP contribution in [0.3, 0.4) is 0 Å². The monoisotopic (exact) mass is 385 g/mol. The molecule has 0 aromatic heterocycles. The molecule has 0 radical (unpaired) electrons. The van der Waals surface area contributed by atoms with Crippen molar-refractivity contribution in [1.82, 2.24) is 5.32 Å². The van der Waals surface area contributed by atoms with E-state index in [1.54, 1.807) is 0 Å². The molecule has 26 heavy (non-hydrogen) atoms. The number of ether oxygens (including phenoxy) is 1. The normalized spacial score (nSPS) is 7.50. The van der Waals surface area contributed by atoms with Crippen LogP contribution < -0.4 is 16.8 Å². The summed E-state index contributed by atoms with van der Waals surface area (Å²) in [7, 11) is 0. The van der Waals surface area contributed by atoms with Gasteiger partial charge in [0.15, 0.2) is 0 Å². The van der Waals surface area contributed by atoms with Crippen molar-refractivity contribution in [1.29, 1.82) is 0 Å². The lowest BCUT2D eigenvalue weighted by molar-refractivity contribution is -0.156. The Bertz CT molecular complexity index is 331. The number of carbonyl (C=O) groups excluding carboxylic acids is 2. The predicted molar refractivity (Wildman–Crippen MR) is 93.4 cm³/mol. The molecule has 8 N–H and O–H groups in total. The first-order chi connectivity index (χ1) is 11.7. The van der Waals surface area contributed by atoms with Crippen molar-refractivity contribution in [2.24, 2.45) is 11.5 Å². The SMILES string of the molecule is CC(=O)O.CC(=O)O.CC(=O)O.CC(=O)OC(C)=O.NCCNCCN. The second-order valence-electron chi connectivity index (χ2n) is 3.97. The van der Waals surface area contributed by atoms with Gasteiger partial charge in [-0.25, -0.2) is 0 Å². The van der Waals surface area contributed by atoms with Gasteiger partial charge in [0.25, 0.3) is 17.9 Å². The quantitative estimate of drug-likeness (QED) is 0.192. The molecule has 0 saturated carbocycles. The number of rotatable bonds is 4. The van der Waals surface area contributed by atoms with Crippen molar-refractivity contribution in [2.45, 2.75) is 34.6 Å². The Morgan fingerprint density at radius 3 is 0.962 bits per heavy atom. The molecule has 156 valence electrons. The lowest BCUT2D eigenvalue weighted by atomic mass is 10.6. The number of esters is 2. The van der Waals surface area contributed by atoms with Gasteiger partial charge in [-0.1, -0.05) is 0 Å². The summed E-state index contributed by atoms with van der Waals surface area (Å²) in [6.07, 6.45) is 0. The van der Waals surface area contributed by atoms with Crippen LogP contribution in [-0.2, 0) is 28.7 Å². The van der Waals surface area contributed by atoms with Crippen molar-refractivity contribution in [3.05, 3.63) is 0 Å². The van der Waals surface area contributed by atoms with Crippen molar-refractivity contribution in [3.63, 3.8) is 0 Å². The number of carboxylic acid groups (broad SMARTS) is 3. The Kier molecular flexibility index (Phi) is 40.5. The summed E-state index contributed by atoms with van der Waals surface area (Å²) in [5.41, 5.74) is 10.3. The van der Waals surface area contributed by atoms with Gasteiger partial charge in [0.05, 0.1) is 0 Å². The maximum atomic E-state index is 9.81. The highest BCUT2D eigenvalue weighted by atomic mass is 16.6. The Balaban J connectivity index is -0.0000000728. The van der Waals surface area contributed by atoms with Gasteiger partial charge >= 0.3 is 11.9 Å². The van der Waals surface area contributed by atoms with Gasteiger partial charge in [-0.2, -0.15) is 0 Å². The predicted octanol–water partition coefficient (Wildman–Crippen LogP) is -1.14. The third-order valence-electron chi connectivity index (χ3n) is 0.930. The number of aliphatic carboxylic acids is 3. The molecule has 0 aromatic carbocycles. The second kappa shape index (κ2) is 30.3. The zero-order chi connectivity index (χ0) is 22.1. The molecule has 12 nitrogen and oxygen atoms in total. The van der Waals surface area contributed by atoms with E-state index in [1.165, 1.54) is 13.8 Å². The Hall–Kier alpha value is -2.57. The topological polar surface area (TPSA) is 219 Å². The van der Waals surface area contributed by atoms with Crippen molar-refractivity contribution < 1.29 is 44.0 Å². The maximum Gasteiger partial charge on any atom is 0.310 e. The van der Waals surface area contributed by atoms with E-state index in [0.717, 1.165) is 33.9 Å². The molecule has 0 aromatic rings. The minimum atomic E-state index is -0.833. The van der Waals surface area contributed by atoms with E-state index in [0.29, 0.717) is 13.1 Å². The van der Waals surface area contributed by atoms with Gasteiger partial charge < -0.3 is 36.8 Å². The first-order valence-corrected chi connectivity index (χ1v) is 7.12. The largest absolute Gasteiger partial charge is 0.481 e. The Morgan fingerprint density at radius 2 is 0.885 bits per heavy atom. The molecular formula is C14H31N3O9. The summed E-state index contributed by atoms with van der Waals surface area (Å²) in [6, 6.07) is 0. The van der Waals surface area contributed by atoms with Gasteiger partial charge in [0.2, 0.25) is 0 Å². The lowest BCUT2D eigenvalue weighted by Crippen LogP contribution is -2.27. The minimum absolute atomic E-state index is 0.562. The van der Waals surface area contributed by atoms with Crippen molar-refractivity contribution in [2.75, 3.05) is 26.2 Å². The summed E-state index contributed by atoms with van der Waals surface area (Å²) in [6.45, 7) is 8.75. The van der Waals surface area contributed by atoms with Crippen LogP contribution >= 0.6 is 0 Å². The first kappa shape index (κ1) is 34.7. The number of hydrogen-bond donors (Lipinski definition) is 6. The molecule has 0 rings (SSSR count). The van der Waals surface area contributed by atoms with E-state index in [9.17, 15) is 9.59 Å². The fraction of sp³-hybridized carbons (Fsp3) is 0.643. The molecule has 0 aliphatic rings. The number of hydrogen-bond acceptors (Lipinski definition) is 9. The summed E-state index contributed by atoms with van der Waals surface area (Å²) >= 11 is 0. The van der Waals surface area contributed by atoms with Gasteiger partial charge in [-0.15, -0.1) is 0 Å². The smallest absolute Gasteiger partial charge is 0.310 e. The third-order valence-corrected chi connectivity index (χ3v) is 0.930. The van der Waals surface area contributed by atoms with Crippen LogP contribution in [0.4, 0.5) is 0 Å². The number of nitrogens with two attached hydrogens (primary N) is 2. The third kappa shape index (κ3) is 303. The van der Waals surface area contributed by atoms with Crippen LogP contribution in [0, 0.1) is 0 Å². The van der Waals surface area contributed by atoms with Gasteiger partial charge in [0.1, 0.15) is 0 Å². The Labute approximate surface area is 152 Å². The van der Waals surface area contributed by atoms with Crippen molar-refractivity contribution >= 4 is 29.8 Å². The van der Waals surface area contributed by atoms with Gasteiger partial charge in [-0.05, 0) is 0 Å². The van der Waals surface area contributed by atoms with Gasteiger partial charge in [0, 0.05) is 60.8 Å². The summed E-state index contributed by atoms with van der Waals surface area (Å²) in [4.78, 5) is 46.6. The van der Waals surface area contributed by atoms with Crippen LogP contribution in [0.25, 0.3) is 0 Å². The van der Waals surface area contributed by atoms with Crippen LogP contribution in [0.15, 0.2) is 0 Å². The molecule has 0 aliphatic carbocycles. The fourth-order valence-electron chi connectivity index (χ4n) is 0.532. The molecule has 0 spiro atoms. The molecule has 0 heterocycles. The molecule has 0 fully saturated rings. The first-order valence-electron chi connectivity index (χ1n) is 7.12. The van der Waals surface area contributed by atoms with E-state index in [-0.39, 0.29) is 0 Å². The fourth-order valence-corrected chi connectivity index (χ4v) is 0.532. The van der Waals surface area contributed by atoms with E-state index in [1.807, 2.05) is 0 Å². The number of nitrogens with one attached hydrogen (secondary N) is 1. The number of carbonyl (C=O) groups is 5. The number of carboxylic acids is 3. The summed E-state index contributed by atoms with van der Waals surface area (Å²) in [5.74, 6) is -3.62. The molecule has 0 aliphatic heterocycles. The minimum Gasteiger partial charge on any atom is -0.481 e. The molecule has 0 unspecified atom stereocenters. The van der Waals surface area contributed by atoms with Crippen LogP contribution in [-0.4, -0.2) is 71.3 Å². The highest BCUT2D eigenvalue weighted by Crippen LogP contribution is 1.73. The average Bonchev–Trinajstić information content (AvgIpc) is 2.36. The molecular weight excluding hydrogens is 354 g/mol. The van der Waals surface area contributed by atoms with E-state index >= 15 is 0 Å². The molecule has 0 bridgehead atoms. The molecule has 0 amide bonds. The lowest BCUT2D eigenvalue weighted by Gasteiger charge is -1.95. The highest BCUT2D eigenvalue weighted by Gasteiger charge is 1.93. The summed E-state index contributed by atoms with van der Waals surface area (Å²) < 4.78 is 3.97. The molecule has 12 heteroatoms. The van der Waals surface area contributed by atoms with Gasteiger partial charge in [-0.3, -0.25) is 24.0 Å². The van der Waals surface area contributed by atoms with E-state index in [2.05, 4.69) is 10.1 Å². The molecule has 0 saturated heterocycles. The van der Waals surface area contributed by atoms with Crippen LogP contribution in [0.5, 0.6) is 0 Å². The van der Waals surface area contributed by atoms with E-state index in [4.69, 9.17) is 41.2 Å².